The summed E-state index contributed by atoms with van der Waals surface area (Å²) in [5.41, 5.74) is 5.92. The van der Waals surface area contributed by atoms with Gasteiger partial charge in [0.05, 0.1) is 10.6 Å². The number of hydrogen-bond acceptors (Lipinski definition) is 5. The van der Waals surface area contributed by atoms with Gasteiger partial charge in [-0.1, -0.05) is 13.3 Å². The van der Waals surface area contributed by atoms with E-state index < -0.39 is 20.0 Å². The number of nitrogens with one attached hydrogen (secondary N) is 2. The molecule has 0 amide bonds. The Morgan fingerprint density at radius 1 is 1.13 bits per heavy atom. The van der Waals surface area contributed by atoms with Crippen LogP contribution in [0.5, 0.6) is 0 Å². The van der Waals surface area contributed by atoms with Crippen molar-refractivity contribution in [2.75, 3.05) is 17.0 Å². The van der Waals surface area contributed by atoms with E-state index in [-0.39, 0.29) is 23.2 Å². The molecule has 1 aromatic rings. The minimum absolute atomic E-state index is 0.0440. The van der Waals surface area contributed by atoms with E-state index in [4.69, 9.17) is 5.73 Å². The molecule has 0 aliphatic heterocycles. The Morgan fingerprint density at radius 3 is 2.26 bits per heavy atom. The lowest BCUT2D eigenvalue weighted by Crippen LogP contribution is -2.29. The van der Waals surface area contributed by atoms with Gasteiger partial charge in [0.15, 0.2) is 0 Å². The summed E-state index contributed by atoms with van der Waals surface area (Å²) < 4.78 is 52.6. The van der Waals surface area contributed by atoms with Crippen LogP contribution in [0.15, 0.2) is 29.2 Å². The van der Waals surface area contributed by atoms with Crippen LogP contribution in [0.25, 0.3) is 0 Å². The van der Waals surface area contributed by atoms with Gasteiger partial charge in [-0.05, 0) is 44.0 Å². The largest absolute Gasteiger partial charge is 0.328 e. The fraction of sp³-hybridized carbons (Fsp3) is 0.571. The standard InChI is InChI=1S/C14H25N3O4S2/c1-3-4-11-22(18,19)17-13-5-7-14(8-6-13)23(20,21)16-10-9-12(2)15/h5-8,12,16-17H,3-4,9-11,15H2,1-2H3. The lowest BCUT2D eigenvalue weighted by Gasteiger charge is -2.10. The monoisotopic (exact) mass is 363 g/mol. The fourth-order valence-electron chi connectivity index (χ4n) is 1.77. The molecule has 1 atom stereocenters. The zero-order valence-electron chi connectivity index (χ0n) is 13.4. The van der Waals surface area contributed by atoms with Crippen molar-refractivity contribution in [1.82, 2.24) is 4.72 Å². The van der Waals surface area contributed by atoms with Gasteiger partial charge in [0.25, 0.3) is 0 Å². The molecule has 0 heterocycles. The molecule has 1 rings (SSSR count). The van der Waals surface area contributed by atoms with E-state index in [9.17, 15) is 16.8 Å². The summed E-state index contributed by atoms with van der Waals surface area (Å²) in [5.74, 6) is 0.0440. The van der Waals surface area contributed by atoms with Crippen LogP contribution in [-0.2, 0) is 20.0 Å². The summed E-state index contributed by atoms with van der Waals surface area (Å²) in [5, 5.41) is 0. The molecule has 0 radical (unpaired) electrons. The molecule has 0 aliphatic carbocycles. The minimum atomic E-state index is -3.61. The molecule has 0 fully saturated rings. The second-order valence-corrected chi connectivity index (χ2v) is 9.07. The average Bonchev–Trinajstić information content (AvgIpc) is 2.45. The van der Waals surface area contributed by atoms with Gasteiger partial charge in [0.2, 0.25) is 20.0 Å². The zero-order chi connectivity index (χ0) is 17.5. The molecule has 7 nitrogen and oxygen atoms in total. The minimum Gasteiger partial charge on any atom is -0.328 e. The Balaban J connectivity index is 2.72. The van der Waals surface area contributed by atoms with Crippen LogP contribution < -0.4 is 15.2 Å². The summed E-state index contributed by atoms with van der Waals surface area (Å²) in [6.45, 7) is 3.97. The van der Waals surface area contributed by atoms with Gasteiger partial charge in [-0.15, -0.1) is 0 Å². The number of anilines is 1. The van der Waals surface area contributed by atoms with Crippen LogP contribution in [-0.4, -0.2) is 35.2 Å². The van der Waals surface area contributed by atoms with Crippen molar-refractivity contribution in [1.29, 1.82) is 0 Å². The number of nitrogens with two attached hydrogens (primary N) is 1. The molecule has 4 N–H and O–H groups in total. The highest BCUT2D eigenvalue weighted by atomic mass is 32.2. The normalized spacial score (nSPS) is 13.7. The Morgan fingerprint density at radius 2 is 1.74 bits per heavy atom. The Bertz CT molecular complexity index is 683. The van der Waals surface area contributed by atoms with Crippen LogP contribution in [0.4, 0.5) is 5.69 Å². The third-order valence-electron chi connectivity index (χ3n) is 3.10. The lowest BCUT2D eigenvalue weighted by molar-refractivity contribution is 0.572. The highest BCUT2D eigenvalue weighted by Gasteiger charge is 2.15. The zero-order valence-corrected chi connectivity index (χ0v) is 15.1. The molecule has 0 bridgehead atoms. The van der Waals surface area contributed by atoms with E-state index in [0.29, 0.717) is 18.5 Å². The average molecular weight is 364 g/mol. The maximum absolute atomic E-state index is 12.1. The highest BCUT2D eigenvalue weighted by Crippen LogP contribution is 2.15. The smallest absolute Gasteiger partial charge is 0.240 e. The van der Waals surface area contributed by atoms with Gasteiger partial charge in [-0.25, -0.2) is 21.6 Å². The van der Waals surface area contributed by atoms with Crippen LogP contribution in [0, 0.1) is 0 Å². The first kappa shape index (κ1) is 19.9. The third-order valence-corrected chi connectivity index (χ3v) is 5.95. The topological polar surface area (TPSA) is 118 Å². The molecule has 0 saturated heterocycles. The van der Waals surface area contributed by atoms with E-state index in [2.05, 4.69) is 9.44 Å². The van der Waals surface area contributed by atoms with E-state index in [0.717, 1.165) is 6.42 Å². The Kier molecular flexibility index (Phi) is 7.46. The first-order chi connectivity index (χ1) is 10.7. The van der Waals surface area contributed by atoms with Crippen LogP contribution >= 0.6 is 0 Å². The molecule has 23 heavy (non-hydrogen) atoms. The van der Waals surface area contributed by atoms with E-state index in [1.165, 1.54) is 24.3 Å². The van der Waals surface area contributed by atoms with Gasteiger partial charge >= 0.3 is 0 Å². The maximum atomic E-state index is 12.1. The predicted molar refractivity (Wildman–Crippen MR) is 92.2 cm³/mol. The summed E-state index contributed by atoms with van der Waals surface area (Å²) in [7, 11) is -7.01. The van der Waals surface area contributed by atoms with E-state index in [1.807, 2.05) is 6.92 Å². The Hall–Kier alpha value is -1.16. The Labute approximate surface area is 138 Å². The number of unbranched alkanes of at least 4 members (excludes halogenated alkanes) is 1. The van der Waals surface area contributed by atoms with Crippen molar-refractivity contribution >= 4 is 25.7 Å². The molecule has 0 spiro atoms. The SMILES string of the molecule is CCCCS(=O)(=O)Nc1ccc(S(=O)(=O)NCCC(C)N)cc1. The maximum Gasteiger partial charge on any atom is 0.240 e. The van der Waals surface area contributed by atoms with Crippen LogP contribution in [0.1, 0.15) is 33.1 Å². The lowest BCUT2D eigenvalue weighted by atomic mass is 10.3. The van der Waals surface area contributed by atoms with Crippen molar-refractivity contribution in [3.63, 3.8) is 0 Å². The van der Waals surface area contributed by atoms with Gasteiger partial charge < -0.3 is 5.73 Å². The fourth-order valence-corrected chi connectivity index (χ4v) is 4.08. The summed E-state index contributed by atoms with van der Waals surface area (Å²) in [6, 6.07) is 5.52. The molecular weight excluding hydrogens is 338 g/mol. The van der Waals surface area contributed by atoms with E-state index in [1.54, 1.807) is 6.92 Å². The molecule has 0 saturated carbocycles. The first-order valence-electron chi connectivity index (χ1n) is 7.52. The van der Waals surface area contributed by atoms with Crippen molar-refractivity contribution in [3.8, 4) is 0 Å². The first-order valence-corrected chi connectivity index (χ1v) is 10.7. The summed E-state index contributed by atoms with van der Waals surface area (Å²) in [4.78, 5) is 0.0821. The molecule has 132 valence electrons. The third kappa shape index (κ3) is 7.30. The second kappa shape index (κ2) is 8.62. The number of sulfonamides is 2. The quantitative estimate of drug-likeness (QED) is 0.578. The van der Waals surface area contributed by atoms with Crippen molar-refractivity contribution in [2.45, 2.75) is 44.0 Å². The molecule has 1 aromatic carbocycles. The van der Waals surface area contributed by atoms with Crippen molar-refractivity contribution in [3.05, 3.63) is 24.3 Å². The number of rotatable bonds is 10. The number of benzene rings is 1. The molecular formula is C14H25N3O4S2. The number of hydrogen-bond donors (Lipinski definition) is 3. The molecule has 9 heteroatoms. The van der Waals surface area contributed by atoms with Gasteiger partial charge in [-0.2, -0.15) is 0 Å². The van der Waals surface area contributed by atoms with E-state index >= 15 is 0 Å². The van der Waals surface area contributed by atoms with Crippen molar-refractivity contribution < 1.29 is 16.8 Å². The molecule has 0 aliphatic rings. The van der Waals surface area contributed by atoms with Gasteiger partial charge in [0.1, 0.15) is 0 Å². The highest BCUT2D eigenvalue weighted by molar-refractivity contribution is 7.92. The van der Waals surface area contributed by atoms with Crippen LogP contribution in [0.2, 0.25) is 0 Å². The second-order valence-electron chi connectivity index (χ2n) is 5.46. The van der Waals surface area contributed by atoms with Gasteiger partial charge in [0, 0.05) is 18.3 Å². The summed E-state index contributed by atoms with van der Waals surface area (Å²) >= 11 is 0. The van der Waals surface area contributed by atoms with Crippen LogP contribution in [0.3, 0.4) is 0 Å². The van der Waals surface area contributed by atoms with Crippen molar-refractivity contribution in [2.24, 2.45) is 5.73 Å². The molecule has 1 unspecified atom stereocenters. The van der Waals surface area contributed by atoms with Gasteiger partial charge in [-0.3, -0.25) is 4.72 Å². The summed E-state index contributed by atoms with van der Waals surface area (Å²) in [6.07, 6.45) is 1.89. The predicted octanol–water partition coefficient (Wildman–Crippen LogP) is 1.24. The molecule has 0 aromatic heterocycles.